The quantitative estimate of drug-likeness (QED) is 0.912. The molecule has 0 aliphatic heterocycles. The van der Waals surface area contributed by atoms with Crippen LogP contribution in [0, 0.1) is 0 Å². The monoisotopic (exact) mass is 334 g/mol. The van der Waals surface area contributed by atoms with Crippen molar-refractivity contribution in [3.8, 4) is 0 Å². The molecule has 1 unspecified atom stereocenters. The Balaban J connectivity index is 2.13. The summed E-state index contributed by atoms with van der Waals surface area (Å²) >= 11 is 0. The lowest BCUT2D eigenvalue weighted by Gasteiger charge is -2.16. The van der Waals surface area contributed by atoms with Gasteiger partial charge in [0.25, 0.3) is 0 Å². The first kappa shape index (κ1) is 16.5. The summed E-state index contributed by atoms with van der Waals surface area (Å²) in [7, 11) is -3.75. The van der Waals surface area contributed by atoms with Crippen LogP contribution in [0.25, 0.3) is 0 Å². The van der Waals surface area contributed by atoms with Crippen molar-refractivity contribution in [3.05, 3.63) is 53.4 Å². The van der Waals surface area contributed by atoms with Crippen molar-refractivity contribution < 1.29 is 26.1 Å². The average Bonchev–Trinajstić information content (AvgIpc) is 2.89. The number of rotatable bonds is 5. The average molecular weight is 334 g/mol. The van der Waals surface area contributed by atoms with Crippen molar-refractivity contribution in [1.29, 1.82) is 0 Å². The lowest BCUT2D eigenvalue weighted by atomic mass is 10.1. The highest BCUT2D eigenvalue weighted by Gasteiger charge is 2.31. The molecule has 0 saturated heterocycles. The fourth-order valence-electron chi connectivity index (χ4n) is 1.87. The van der Waals surface area contributed by atoms with E-state index in [0.717, 1.165) is 12.1 Å². The van der Waals surface area contributed by atoms with E-state index in [1.54, 1.807) is 0 Å². The third-order valence-corrected chi connectivity index (χ3v) is 4.29. The Morgan fingerprint density at radius 3 is 2.64 bits per heavy atom. The Labute approximate surface area is 125 Å². The fourth-order valence-corrected chi connectivity index (χ4v) is 3.17. The Morgan fingerprint density at radius 1 is 1.32 bits per heavy atom. The second-order valence-electron chi connectivity index (χ2n) is 4.71. The molecular formula is C13H13F3N2O3S. The van der Waals surface area contributed by atoms with Crippen LogP contribution in [0.2, 0.25) is 0 Å². The van der Waals surface area contributed by atoms with Gasteiger partial charge in [-0.05, 0) is 24.6 Å². The zero-order chi connectivity index (χ0) is 16.4. The number of aromatic nitrogens is 1. The van der Waals surface area contributed by atoms with E-state index in [1.165, 1.54) is 31.4 Å². The molecule has 0 aliphatic rings. The molecule has 1 atom stereocenters. The summed E-state index contributed by atoms with van der Waals surface area (Å²) < 4.78 is 68.7. The van der Waals surface area contributed by atoms with E-state index in [-0.39, 0.29) is 11.3 Å². The zero-order valence-electron chi connectivity index (χ0n) is 11.5. The maximum Gasteiger partial charge on any atom is 0.416 e. The predicted octanol–water partition coefficient (Wildman–Crippen LogP) is 2.87. The van der Waals surface area contributed by atoms with E-state index >= 15 is 0 Å². The zero-order valence-corrected chi connectivity index (χ0v) is 12.3. The Hall–Kier alpha value is -1.87. The van der Waals surface area contributed by atoms with Gasteiger partial charge in [0.1, 0.15) is 12.0 Å². The van der Waals surface area contributed by atoms with Crippen LogP contribution in [0.3, 0.4) is 0 Å². The van der Waals surface area contributed by atoms with Crippen LogP contribution < -0.4 is 4.72 Å². The van der Waals surface area contributed by atoms with Gasteiger partial charge < -0.3 is 4.52 Å². The molecule has 2 aromatic rings. The molecule has 0 radical (unpaired) electrons. The van der Waals surface area contributed by atoms with E-state index in [4.69, 9.17) is 0 Å². The molecule has 0 amide bonds. The van der Waals surface area contributed by atoms with Gasteiger partial charge in [0.05, 0.1) is 11.3 Å². The standard InChI is InChI=1S/C13H13F3N2O3S/c1-9(10-3-2-4-11(7-10)13(14,15)16)18-22(19,20)8-12-5-6-21-17-12/h2-7,9,18H,8H2,1H3. The largest absolute Gasteiger partial charge is 0.416 e. The SMILES string of the molecule is CC(NS(=O)(=O)Cc1ccon1)c1cccc(C(F)(F)F)c1. The van der Waals surface area contributed by atoms with Gasteiger partial charge in [0.15, 0.2) is 0 Å². The minimum Gasteiger partial charge on any atom is -0.364 e. The summed E-state index contributed by atoms with van der Waals surface area (Å²) in [5.41, 5.74) is -0.394. The first-order valence-electron chi connectivity index (χ1n) is 6.24. The van der Waals surface area contributed by atoms with Gasteiger partial charge >= 0.3 is 6.18 Å². The number of hydrogen-bond acceptors (Lipinski definition) is 4. The molecule has 2 rings (SSSR count). The molecule has 1 N–H and O–H groups in total. The maximum atomic E-state index is 12.7. The lowest BCUT2D eigenvalue weighted by Crippen LogP contribution is -2.28. The topological polar surface area (TPSA) is 72.2 Å². The van der Waals surface area contributed by atoms with Crippen molar-refractivity contribution >= 4 is 10.0 Å². The van der Waals surface area contributed by atoms with Crippen LogP contribution in [0.4, 0.5) is 13.2 Å². The van der Waals surface area contributed by atoms with Crippen molar-refractivity contribution in [2.24, 2.45) is 0 Å². The second-order valence-corrected chi connectivity index (χ2v) is 6.47. The minimum absolute atomic E-state index is 0.212. The number of nitrogens with one attached hydrogen (secondary N) is 1. The number of nitrogens with zero attached hydrogens (tertiary/aromatic N) is 1. The Bertz CT molecular complexity index is 727. The van der Waals surface area contributed by atoms with Crippen LogP contribution >= 0.6 is 0 Å². The van der Waals surface area contributed by atoms with E-state index in [1.807, 2.05) is 0 Å². The van der Waals surface area contributed by atoms with Gasteiger partial charge in [0.2, 0.25) is 10.0 Å². The first-order chi connectivity index (χ1) is 10.2. The molecule has 120 valence electrons. The highest BCUT2D eigenvalue weighted by atomic mass is 32.2. The smallest absolute Gasteiger partial charge is 0.364 e. The van der Waals surface area contributed by atoms with E-state index in [9.17, 15) is 21.6 Å². The van der Waals surface area contributed by atoms with E-state index in [2.05, 4.69) is 14.4 Å². The molecule has 22 heavy (non-hydrogen) atoms. The lowest BCUT2D eigenvalue weighted by molar-refractivity contribution is -0.137. The normalized spacial score (nSPS) is 14.0. The molecule has 0 saturated carbocycles. The fraction of sp³-hybridized carbons (Fsp3) is 0.308. The molecule has 5 nitrogen and oxygen atoms in total. The number of sulfonamides is 1. The molecule has 1 heterocycles. The number of benzene rings is 1. The molecule has 0 fully saturated rings. The van der Waals surface area contributed by atoms with Gasteiger partial charge in [-0.2, -0.15) is 13.2 Å². The first-order valence-corrected chi connectivity index (χ1v) is 7.89. The van der Waals surface area contributed by atoms with Gasteiger partial charge in [-0.15, -0.1) is 0 Å². The summed E-state index contributed by atoms with van der Waals surface area (Å²) in [5, 5.41) is 3.48. The molecule has 9 heteroatoms. The summed E-state index contributed by atoms with van der Waals surface area (Å²) in [5.74, 6) is -0.410. The molecular weight excluding hydrogens is 321 g/mol. The van der Waals surface area contributed by atoms with Gasteiger partial charge in [-0.3, -0.25) is 0 Å². The Morgan fingerprint density at radius 2 is 2.05 bits per heavy atom. The second kappa shape index (κ2) is 6.09. The summed E-state index contributed by atoms with van der Waals surface area (Å²) in [6.45, 7) is 1.47. The molecule has 1 aromatic carbocycles. The summed E-state index contributed by atoms with van der Waals surface area (Å²) in [6.07, 6.45) is -3.24. The van der Waals surface area contributed by atoms with Crippen molar-refractivity contribution in [2.45, 2.75) is 24.9 Å². The summed E-state index contributed by atoms with van der Waals surface area (Å²) in [6, 6.07) is 5.11. The van der Waals surface area contributed by atoms with Crippen LogP contribution in [-0.4, -0.2) is 13.6 Å². The van der Waals surface area contributed by atoms with Crippen molar-refractivity contribution in [2.75, 3.05) is 0 Å². The summed E-state index contributed by atoms with van der Waals surface area (Å²) in [4.78, 5) is 0. The third kappa shape index (κ3) is 4.31. The number of alkyl halides is 3. The van der Waals surface area contributed by atoms with Crippen LogP contribution in [-0.2, 0) is 22.0 Å². The molecule has 1 aromatic heterocycles. The van der Waals surface area contributed by atoms with Crippen molar-refractivity contribution in [1.82, 2.24) is 9.88 Å². The highest BCUT2D eigenvalue weighted by molar-refractivity contribution is 7.88. The molecule has 0 spiro atoms. The Kier molecular flexibility index (Phi) is 4.57. The van der Waals surface area contributed by atoms with Gasteiger partial charge in [-0.1, -0.05) is 17.3 Å². The number of halogens is 3. The van der Waals surface area contributed by atoms with Gasteiger partial charge in [-0.25, -0.2) is 13.1 Å². The predicted molar refractivity (Wildman–Crippen MR) is 72.1 cm³/mol. The molecule has 0 aliphatic carbocycles. The maximum absolute atomic E-state index is 12.7. The van der Waals surface area contributed by atoms with E-state index in [0.29, 0.717) is 0 Å². The van der Waals surface area contributed by atoms with Crippen LogP contribution in [0.5, 0.6) is 0 Å². The van der Waals surface area contributed by atoms with E-state index < -0.39 is 33.6 Å². The van der Waals surface area contributed by atoms with Crippen LogP contribution in [0.1, 0.15) is 29.8 Å². The third-order valence-electron chi connectivity index (χ3n) is 2.90. The minimum atomic E-state index is -4.48. The van der Waals surface area contributed by atoms with Crippen LogP contribution in [0.15, 0.2) is 41.1 Å². The number of hydrogen-bond donors (Lipinski definition) is 1. The van der Waals surface area contributed by atoms with Gasteiger partial charge in [0, 0.05) is 12.1 Å². The highest BCUT2D eigenvalue weighted by Crippen LogP contribution is 2.30. The van der Waals surface area contributed by atoms with Crippen molar-refractivity contribution in [3.63, 3.8) is 0 Å². The molecule has 0 bridgehead atoms.